The molecule has 2 aromatic heterocycles. The minimum Gasteiger partial charge on any atom is -0.491 e. The Hall–Kier alpha value is -3.16. The van der Waals surface area contributed by atoms with Gasteiger partial charge in [0.15, 0.2) is 5.82 Å². The monoisotopic (exact) mass is 367 g/mol. The van der Waals surface area contributed by atoms with E-state index in [9.17, 15) is 4.79 Å². The molecule has 0 N–H and O–H groups in total. The maximum Gasteiger partial charge on any atom is 0.337 e. The van der Waals surface area contributed by atoms with Gasteiger partial charge in [0.25, 0.3) is 0 Å². The lowest BCUT2D eigenvalue weighted by molar-refractivity contribution is 0.0600. The van der Waals surface area contributed by atoms with Gasteiger partial charge in [0.1, 0.15) is 29.7 Å². The van der Waals surface area contributed by atoms with Crippen LogP contribution in [0.25, 0.3) is 22.9 Å². The van der Waals surface area contributed by atoms with Crippen LogP contribution in [0.15, 0.2) is 24.4 Å². The van der Waals surface area contributed by atoms with Gasteiger partial charge in [-0.1, -0.05) is 0 Å². The Morgan fingerprint density at radius 1 is 1.26 bits per heavy atom. The molecule has 0 amide bonds. The number of aromatic nitrogens is 5. The molecule has 0 spiro atoms. The highest BCUT2D eigenvalue weighted by atomic mass is 16.5. The molecular weight excluding hydrogens is 346 g/mol. The summed E-state index contributed by atoms with van der Waals surface area (Å²) in [6.07, 6.45) is 1.98. The van der Waals surface area contributed by atoms with Gasteiger partial charge in [-0.05, 0) is 39.0 Å². The fourth-order valence-electron chi connectivity index (χ4n) is 3.20. The first-order valence-corrected chi connectivity index (χ1v) is 8.84. The number of aryl methyl sites for hydroxylation is 1. The van der Waals surface area contributed by atoms with E-state index in [4.69, 9.17) is 14.5 Å². The molecule has 3 heterocycles. The number of fused-ring (bicyclic) bond motifs is 3. The number of carbonyl (C=O) groups excluding carboxylic acids is 1. The predicted molar refractivity (Wildman–Crippen MR) is 98.6 cm³/mol. The number of ether oxygens (including phenoxy) is 2. The first kappa shape index (κ1) is 17.3. The average Bonchev–Trinajstić information content (AvgIpc) is 3.20. The van der Waals surface area contributed by atoms with Crippen LogP contribution in [0.5, 0.6) is 5.75 Å². The van der Waals surface area contributed by atoms with Gasteiger partial charge in [0.05, 0.1) is 24.8 Å². The molecule has 8 nitrogen and oxygen atoms in total. The standard InChI is InChI=1S/C19H21N5O3/c1-11(2)24-18(20-12(3)22-24)15-10-23-7-8-27-16-9-13(19(25)26-4)5-6-14(16)17(23)21-15/h5-6,9-11H,7-8H2,1-4H3. The highest BCUT2D eigenvalue weighted by Crippen LogP contribution is 2.34. The van der Waals surface area contributed by atoms with Gasteiger partial charge < -0.3 is 14.0 Å². The van der Waals surface area contributed by atoms with E-state index in [1.54, 1.807) is 12.1 Å². The predicted octanol–water partition coefficient (Wildman–Crippen LogP) is 2.88. The molecule has 0 fully saturated rings. The number of nitrogens with zero attached hydrogens (tertiary/aromatic N) is 5. The lowest BCUT2D eigenvalue weighted by Gasteiger charge is -2.08. The number of methoxy groups -OCH3 is 1. The smallest absolute Gasteiger partial charge is 0.337 e. The Labute approximate surface area is 156 Å². The summed E-state index contributed by atoms with van der Waals surface area (Å²) in [6.45, 7) is 7.14. The number of carbonyl (C=O) groups is 1. The van der Waals surface area contributed by atoms with E-state index in [0.29, 0.717) is 30.3 Å². The molecule has 27 heavy (non-hydrogen) atoms. The van der Waals surface area contributed by atoms with Crippen LogP contribution in [-0.2, 0) is 11.3 Å². The van der Waals surface area contributed by atoms with E-state index in [1.165, 1.54) is 7.11 Å². The normalized spacial score (nSPS) is 12.9. The van der Waals surface area contributed by atoms with Crippen molar-refractivity contribution in [2.45, 2.75) is 33.4 Å². The number of imidazole rings is 1. The van der Waals surface area contributed by atoms with Crippen molar-refractivity contribution in [3.8, 4) is 28.7 Å². The van der Waals surface area contributed by atoms with Gasteiger partial charge >= 0.3 is 5.97 Å². The molecule has 0 atom stereocenters. The highest BCUT2D eigenvalue weighted by Gasteiger charge is 2.23. The van der Waals surface area contributed by atoms with E-state index < -0.39 is 5.97 Å². The Balaban J connectivity index is 1.82. The second-order valence-electron chi connectivity index (χ2n) is 6.72. The van der Waals surface area contributed by atoms with E-state index >= 15 is 0 Å². The zero-order chi connectivity index (χ0) is 19.1. The Kier molecular flexibility index (Phi) is 4.18. The van der Waals surface area contributed by atoms with Crippen molar-refractivity contribution in [3.05, 3.63) is 35.8 Å². The third-order valence-corrected chi connectivity index (χ3v) is 4.47. The first-order valence-electron chi connectivity index (χ1n) is 8.84. The number of rotatable bonds is 3. The number of esters is 1. The Bertz CT molecular complexity index is 1020. The number of hydrogen-bond acceptors (Lipinski definition) is 6. The van der Waals surface area contributed by atoms with Crippen LogP contribution in [0.3, 0.4) is 0 Å². The molecule has 0 unspecified atom stereocenters. The molecule has 3 aromatic rings. The zero-order valence-corrected chi connectivity index (χ0v) is 15.8. The van der Waals surface area contributed by atoms with Crippen molar-refractivity contribution in [1.82, 2.24) is 24.3 Å². The fourth-order valence-corrected chi connectivity index (χ4v) is 3.20. The molecule has 1 aromatic carbocycles. The second kappa shape index (κ2) is 6.53. The van der Waals surface area contributed by atoms with Gasteiger partial charge in [-0.25, -0.2) is 19.4 Å². The SMILES string of the molecule is COC(=O)c1ccc2c(c1)OCCn1cc(-c3nc(C)nn3C(C)C)nc1-2. The van der Waals surface area contributed by atoms with Crippen molar-refractivity contribution in [3.63, 3.8) is 0 Å². The molecule has 4 rings (SSSR count). The van der Waals surface area contributed by atoms with Crippen LogP contribution in [0.4, 0.5) is 0 Å². The van der Waals surface area contributed by atoms with Gasteiger partial charge in [-0.3, -0.25) is 0 Å². The van der Waals surface area contributed by atoms with Gasteiger partial charge in [0, 0.05) is 12.2 Å². The molecular formula is C19H21N5O3. The first-order chi connectivity index (χ1) is 13.0. The summed E-state index contributed by atoms with van der Waals surface area (Å²) in [7, 11) is 1.36. The zero-order valence-electron chi connectivity index (χ0n) is 15.8. The van der Waals surface area contributed by atoms with Crippen LogP contribution >= 0.6 is 0 Å². The quantitative estimate of drug-likeness (QED) is 0.662. The molecule has 1 aliphatic rings. The van der Waals surface area contributed by atoms with Crippen molar-refractivity contribution in [2.24, 2.45) is 0 Å². The minimum atomic E-state index is -0.393. The summed E-state index contributed by atoms with van der Waals surface area (Å²) < 4.78 is 14.6. The van der Waals surface area contributed by atoms with Crippen LogP contribution in [0.1, 0.15) is 36.1 Å². The highest BCUT2D eigenvalue weighted by molar-refractivity contribution is 5.91. The molecule has 1 aliphatic heterocycles. The molecule has 0 bridgehead atoms. The van der Waals surface area contributed by atoms with Crippen LogP contribution in [0, 0.1) is 6.92 Å². The average molecular weight is 367 g/mol. The van der Waals surface area contributed by atoms with E-state index in [-0.39, 0.29) is 6.04 Å². The summed E-state index contributed by atoms with van der Waals surface area (Å²) in [5, 5.41) is 4.48. The minimum absolute atomic E-state index is 0.181. The molecule has 0 aliphatic carbocycles. The molecule has 0 saturated carbocycles. The maximum absolute atomic E-state index is 11.8. The van der Waals surface area contributed by atoms with Crippen LogP contribution < -0.4 is 4.74 Å². The lowest BCUT2D eigenvalue weighted by atomic mass is 10.1. The van der Waals surface area contributed by atoms with E-state index in [2.05, 4.69) is 23.9 Å². The molecule has 8 heteroatoms. The molecule has 140 valence electrons. The van der Waals surface area contributed by atoms with Crippen LogP contribution in [0.2, 0.25) is 0 Å². The third-order valence-electron chi connectivity index (χ3n) is 4.47. The van der Waals surface area contributed by atoms with E-state index in [0.717, 1.165) is 22.9 Å². The summed E-state index contributed by atoms with van der Waals surface area (Å²) in [5.41, 5.74) is 2.05. The summed E-state index contributed by atoms with van der Waals surface area (Å²) in [6, 6.07) is 5.44. The van der Waals surface area contributed by atoms with Crippen molar-refractivity contribution in [1.29, 1.82) is 0 Å². The van der Waals surface area contributed by atoms with Gasteiger partial charge in [0.2, 0.25) is 0 Å². The van der Waals surface area contributed by atoms with E-state index in [1.807, 2.05) is 28.4 Å². The molecule has 0 saturated heterocycles. The molecule has 0 radical (unpaired) electrons. The topological polar surface area (TPSA) is 84.1 Å². The second-order valence-corrected chi connectivity index (χ2v) is 6.72. The summed E-state index contributed by atoms with van der Waals surface area (Å²) in [4.78, 5) is 21.2. The maximum atomic E-state index is 11.8. The van der Waals surface area contributed by atoms with Crippen molar-refractivity contribution < 1.29 is 14.3 Å². The lowest BCUT2D eigenvalue weighted by Crippen LogP contribution is -2.06. The summed E-state index contributed by atoms with van der Waals surface area (Å²) in [5.74, 6) is 2.47. The Morgan fingerprint density at radius 3 is 2.81 bits per heavy atom. The Morgan fingerprint density at radius 2 is 2.07 bits per heavy atom. The largest absolute Gasteiger partial charge is 0.491 e. The van der Waals surface area contributed by atoms with Gasteiger partial charge in [-0.2, -0.15) is 5.10 Å². The summed E-state index contributed by atoms with van der Waals surface area (Å²) >= 11 is 0. The van der Waals surface area contributed by atoms with Crippen LogP contribution in [-0.4, -0.2) is 44.0 Å². The number of benzene rings is 1. The van der Waals surface area contributed by atoms with Crippen molar-refractivity contribution in [2.75, 3.05) is 13.7 Å². The third kappa shape index (κ3) is 2.97. The van der Waals surface area contributed by atoms with Crippen molar-refractivity contribution >= 4 is 5.97 Å². The fraction of sp³-hybridized carbons (Fsp3) is 0.368. The number of hydrogen-bond donors (Lipinski definition) is 0. The van der Waals surface area contributed by atoms with Gasteiger partial charge in [-0.15, -0.1) is 0 Å².